The molecule has 1 saturated carbocycles. The van der Waals surface area contributed by atoms with Crippen molar-refractivity contribution in [2.24, 2.45) is 0 Å². The van der Waals surface area contributed by atoms with Crippen LogP contribution in [0.4, 0.5) is 11.4 Å². The van der Waals surface area contributed by atoms with Crippen molar-refractivity contribution in [2.75, 3.05) is 18.6 Å². The van der Waals surface area contributed by atoms with Crippen LogP contribution in [-0.4, -0.2) is 31.3 Å². The summed E-state index contributed by atoms with van der Waals surface area (Å²) in [5.74, 6) is -0.826. The number of ether oxygens (including phenoxy) is 3. The van der Waals surface area contributed by atoms with Crippen molar-refractivity contribution in [3.05, 3.63) is 65.2 Å². The molecular formula is C24H28N2O5. The lowest BCUT2D eigenvalue weighted by atomic mass is 9.95. The molecule has 4 N–H and O–H groups in total. The van der Waals surface area contributed by atoms with Crippen LogP contribution < -0.4 is 11.5 Å². The second kappa shape index (κ2) is 10.6. The molecule has 1 fully saturated rings. The van der Waals surface area contributed by atoms with Crippen LogP contribution in [0.5, 0.6) is 0 Å². The van der Waals surface area contributed by atoms with Crippen LogP contribution in [0.3, 0.4) is 0 Å². The van der Waals surface area contributed by atoms with E-state index in [4.69, 9.17) is 25.7 Å². The largest absolute Gasteiger partial charge is 0.459 e. The summed E-state index contributed by atoms with van der Waals surface area (Å²) in [7, 11) is 1.71. The summed E-state index contributed by atoms with van der Waals surface area (Å²) >= 11 is 0. The van der Waals surface area contributed by atoms with Crippen molar-refractivity contribution in [1.29, 1.82) is 0 Å². The molecule has 31 heavy (non-hydrogen) atoms. The van der Waals surface area contributed by atoms with E-state index in [9.17, 15) is 9.59 Å². The summed E-state index contributed by atoms with van der Waals surface area (Å²) in [6, 6.07) is 11.9. The van der Waals surface area contributed by atoms with Gasteiger partial charge in [0.1, 0.15) is 12.7 Å². The number of nitrogens with two attached hydrogens (primary N) is 2. The lowest BCUT2D eigenvalue weighted by molar-refractivity contribution is -0.138. The molecule has 164 valence electrons. The van der Waals surface area contributed by atoms with Gasteiger partial charge in [-0.1, -0.05) is 12.1 Å². The summed E-state index contributed by atoms with van der Waals surface area (Å²) < 4.78 is 16.1. The lowest BCUT2D eigenvalue weighted by Gasteiger charge is -2.27. The molecule has 0 radical (unpaired) electrons. The molecule has 0 aliphatic heterocycles. The van der Waals surface area contributed by atoms with Gasteiger partial charge in [0.15, 0.2) is 0 Å². The zero-order valence-corrected chi connectivity index (χ0v) is 17.6. The molecule has 0 heterocycles. The topological polar surface area (TPSA) is 114 Å². The maximum atomic E-state index is 12.3. The number of methoxy groups -OCH3 is 1. The van der Waals surface area contributed by atoms with Gasteiger partial charge in [0.25, 0.3) is 0 Å². The highest BCUT2D eigenvalue weighted by atomic mass is 16.5. The minimum Gasteiger partial charge on any atom is -0.459 e. The minimum atomic E-state index is -0.490. The predicted molar refractivity (Wildman–Crippen MR) is 119 cm³/mol. The Bertz CT molecular complexity index is 911. The Kier molecular flexibility index (Phi) is 7.67. The molecule has 0 atom stereocenters. The lowest BCUT2D eigenvalue weighted by Crippen LogP contribution is -2.27. The van der Waals surface area contributed by atoms with Crippen molar-refractivity contribution in [1.82, 2.24) is 0 Å². The van der Waals surface area contributed by atoms with Gasteiger partial charge in [-0.05, 0) is 73.2 Å². The van der Waals surface area contributed by atoms with Gasteiger partial charge in [0.2, 0.25) is 0 Å². The van der Waals surface area contributed by atoms with Gasteiger partial charge in [-0.15, -0.1) is 0 Å². The number of hydrogen-bond donors (Lipinski definition) is 2. The number of carbonyl (C=O) groups is 2. The number of esters is 2. The molecule has 2 aromatic rings. The Morgan fingerprint density at radius 1 is 0.968 bits per heavy atom. The zero-order chi connectivity index (χ0) is 22.2. The van der Waals surface area contributed by atoms with Crippen LogP contribution in [0.1, 0.15) is 47.2 Å². The second-order valence-corrected chi connectivity index (χ2v) is 7.61. The zero-order valence-electron chi connectivity index (χ0n) is 17.6. The Balaban J connectivity index is 1.47. The van der Waals surface area contributed by atoms with E-state index in [-0.39, 0.29) is 24.8 Å². The third-order valence-electron chi connectivity index (χ3n) is 5.21. The second-order valence-electron chi connectivity index (χ2n) is 7.61. The molecule has 1 aliphatic carbocycles. The van der Waals surface area contributed by atoms with Crippen molar-refractivity contribution < 1.29 is 23.8 Å². The van der Waals surface area contributed by atoms with Gasteiger partial charge < -0.3 is 25.7 Å². The van der Waals surface area contributed by atoms with Crippen molar-refractivity contribution in [2.45, 2.75) is 44.5 Å². The Labute approximate surface area is 182 Å². The predicted octanol–water partition coefficient (Wildman–Crippen LogP) is 3.72. The molecule has 0 amide bonds. The quantitative estimate of drug-likeness (QED) is 0.395. The average Bonchev–Trinajstić information content (AvgIpc) is 2.76. The van der Waals surface area contributed by atoms with Gasteiger partial charge in [-0.25, -0.2) is 9.59 Å². The normalized spacial score (nSPS) is 18.6. The highest BCUT2D eigenvalue weighted by Crippen LogP contribution is 2.24. The van der Waals surface area contributed by atoms with Crippen molar-refractivity contribution in [3.8, 4) is 0 Å². The summed E-state index contributed by atoms with van der Waals surface area (Å²) in [6.45, 7) is 0.0789. The highest BCUT2D eigenvalue weighted by Gasteiger charge is 2.24. The monoisotopic (exact) mass is 424 g/mol. The number of benzene rings is 2. The minimum absolute atomic E-state index is 0.0662. The van der Waals surface area contributed by atoms with Gasteiger partial charge in [0, 0.05) is 24.6 Å². The Morgan fingerprint density at radius 2 is 1.58 bits per heavy atom. The fourth-order valence-electron chi connectivity index (χ4n) is 3.53. The van der Waals surface area contributed by atoms with Crippen LogP contribution in [-0.2, 0) is 25.6 Å². The van der Waals surface area contributed by atoms with Crippen LogP contribution >= 0.6 is 0 Å². The van der Waals surface area contributed by atoms with Gasteiger partial charge in [-0.2, -0.15) is 0 Å². The van der Waals surface area contributed by atoms with Crippen LogP contribution in [0.25, 0.3) is 6.08 Å². The van der Waals surface area contributed by atoms with Crippen molar-refractivity contribution in [3.63, 3.8) is 0 Å². The SMILES string of the molecule is COC1CCC(OC(=O)c2ccc(/C=C/C(=O)OCc3cc(N)cc(N)c3)cc2)CC1. The number of nitrogen functional groups attached to an aromatic ring is 2. The van der Waals surface area contributed by atoms with Crippen LogP contribution in [0.15, 0.2) is 48.5 Å². The molecule has 0 unspecified atom stereocenters. The van der Waals surface area contributed by atoms with Gasteiger partial charge >= 0.3 is 11.9 Å². The number of rotatable bonds is 7. The summed E-state index contributed by atoms with van der Waals surface area (Å²) in [5.41, 5.74) is 14.4. The van der Waals surface area contributed by atoms with E-state index in [1.54, 1.807) is 55.7 Å². The van der Waals surface area contributed by atoms with E-state index in [1.165, 1.54) is 6.08 Å². The fourth-order valence-corrected chi connectivity index (χ4v) is 3.53. The van der Waals surface area contributed by atoms with Crippen molar-refractivity contribution >= 4 is 29.4 Å². The molecule has 3 rings (SSSR count). The molecule has 2 aromatic carbocycles. The molecule has 1 aliphatic rings. The maximum Gasteiger partial charge on any atom is 0.338 e. The van der Waals surface area contributed by atoms with Gasteiger partial charge in [0.05, 0.1) is 11.7 Å². The van der Waals surface area contributed by atoms with Crippen LogP contribution in [0, 0.1) is 0 Å². The summed E-state index contributed by atoms with van der Waals surface area (Å²) in [4.78, 5) is 24.3. The molecule has 0 bridgehead atoms. The van der Waals surface area contributed by atoms with E-state index >= 15 is 0 Å². The molecule has 7 heteroatoms. The van der Waals surface area contributed by atoms with Crippen LogP contribution in [0.2, 0.25) is 0 Å². The number of anilines is 2. The summed E-state index contributed by atoms with van der Waals surface area (Å²) in [6.07, 6.45) is 6.58. The first-order valence-electron chi connectivity index (χ1n) is 10.3. The maximum absolute atomic E-state index is 12.3. The molecule has 0 spiro atoms. The van der Waals surface area contributed by atoms with E-state index in [0.717, 1.165) is 36.8 Å². The van der Waals surface area contributed by atoms with E-state index < -0.39 is 5.97 Å². The third-order valence-corrected chi connectivity index (χ3v) is 5.21. The standard InChI is InChI=1S/C24H28N2O5/c1-29-21-7-9-22(10-8-21)31-24(28)18-5-2-16(3-6-18)4-11-23(27)30-15-17-12-19(25)14-20(26)13-17/h2-6,11-14,21-22H,7-10,15,25-26H2,1H3/b11-4+. The van der Waals surface area contributed by atoms with Gasteiger partial charge in [-0.3, -0.25) is 0 Å². The molecule has 0 saturated heterocycles. The first kappa shape index (κ1) is 22.4. The van der Waals surface area contributed by atoms with E-state index in [0.29, 0.717) is 16.9 Å². The third kappa shape index (κ3) is 6.86. The van der Waals surface area contributed by atoms with E-state index in [2.05, 4.69) is 0 Å². The Morgan fingerprint density at radius 3 is 2.19 bits per heavy atom. The first-order valence-corrected chi connectivity index (χ1v) is 10.3. The fraction of sp³-hybridized carbons (Fsp3) is 0.333. The number of hydrogen-bond acceptors (Lipinski definition) is 7. The smallest absolute Gasteiger partial charge is 0.338 e. The molecular weight excluding hydrogens is 396 g/mol. The average molecular weight is 424 g/mol. The Hall–Kier alpha value is -3.32. The molecule has 7 nitrogen and oxygen atoms in total. The van der Waals surface area contributed by atoms with E-state index in [1.807, 2.05) is 0 Å². The molecule has 0 aromatic heterocycles. The first-order chi connectivity index (χ1) is 14.9. The number of carbonyl (C=O) groups excluding carboxylic acids is 2. The summed E-state index contributed by atoms with van der Waals surface area (Å²) in [5, 5.41) is 0. The highest BCUT2D eigenvalue weighted by molar-refractivity contribution is 5.90.